The van der Waals surface area contributed by atoms with Crippen molar-refractivity contribution in [3.05, 3.63) is 82.8 Å². The molecule has 0 saturated carbocycles. The predicted octanol–water partition coefficient (Wildman–Crippen LogP) is 4.08. The van der Waals surface area contributed by atoms with E-state index < -0.39 is 11.9 Å². The van der Waals surface area contributed by atoms with Crippen molar-refractivity contribution in [1.29, 1.82) is 0 Å². The predicted molar refractivity (Wildman–Crippen MR) is 123 cm³/mol. The van der Waals surface area contributed by atoms with Crippen molar-refractivity contribution in [3.63, 3.8) is 0 Å². The monoisotopic (exact) mass is 434 g/mol. The standard InChI is InChI=1S/C23H18N2O3S2/c1-15-10-12-17(13-11-15)24-20(26)14-18(21(24)27)25-22(28)19(30-23(25)29)9-5-8-16-6-3-2-4-7-16/h2-13,18H,14H2,1H3/b8-5+,19-9+/t18-/m1/s1. The molecule has 2 aromatic rings. The lowest BCUT2D eigenvalue weighted by Crippen LogP contribution is -2.44. The molecule has 0 radical (unpaired) electrons. The van der Waals surface area contributed by atoms with E-state index in [1.54, 1.807) is 24.3 Å². The summed E-state index contributed by atoms with van der Waals surface area (Å²) in [5.41, 5.74) is 2.54. The number of imide groups is 1. The van der Waals surface area contributed by atoms with Gasteiger partial charge in [-0.15, -0.1) is 0 Å². The number of anilines is 1. The van der Waals surface area contributed by atoms with E-state index in [-0.39, 0.29) is 22.6 Å². The number of hydrogen-bond acceptors (Lipinski definition) is 5. The highest BCUT2D eigenvalue weighted by Crippen LogP contribution is 2.36. The highest BCUT2D eigenvalue weighted by atomic mass is 32.2. The Morgan fingerprint density at radius 2 is 1.73 bits per heavy atom. The fourth-order valence-corrected chi connectivity index (χ4v) is 4.66. The van der Waals surface area contributed by atoms with Gasteiger partial charge in [0.05, 0.1) is 17.0 Å². The minimum absolute atomic E-state index is 0.0771. The lowest BCUT2D eigenvalue weighted by molar-refractivity contribution is -0.130. The average molecular weight is 435 g/mol. The van der Waals surface area contributed by atoms with E-state index in [1.807, 2.05) is 55.5 Å². The average Bonchev–Trinajstić information content (AvgIpc) is 3.18. The number of rotatable bonds is 4. The van der Waals surface area contributed by atoms with E-state index in [0.29, 0.717) is 10.6 Å². The zero-order valence-electron chi connectivity index (χ0n) is 16.1. The lowest BCUT2D eigenvalue weighted by Gasteiger charge is -2.21. The first-order valence-corrected chi connectivity index (χ1v) is 10.6. The van der Waals surface area contributed by atoms with Gasteiger partial charge in [0.1, 0.15) is 10.4 Å². The number of amides is 3. The molecule has 2 aliphatic heterocycles. The van der Waals surface area contributed by atoms with E-state index in [9.17, 15) is 14.4 Å². The molecule has 0 aromatic heterocycles. The van der Waals surface area contributed by atoms with E-state index in [1.165, 1.54) is 4.90 Å². The molecule has 7 heteroatoms. The van der Waals surface area contributed by atoms with Gasteiger partial charge in [-0.05, 0) is 30.7 Å². The fourth-order valence-electron chi connectivity index (χ4n) is 3.36. The molecule has 3 amide bonds. The number of thioether (sulfide) groups is 1. The quantitative estimate of drug-likeness (QED) is 0.412. The second-order valence-corrected chi connectivity index (χ2v) is 8.64. The largest absolute Gasteiger partial charge is 0.280 e. The summed E-state index contributed by atoms with van der Waals surface area (Å²) in [6.45, 7) is 1.93. The number of aryl methyl sites for hydroxylation is 1. The van der Waals surface area contributed by atoms with E-state index in [0.717, 1.165) is 27.8 Å². The molecule has 0 aliphatic carbocycles. The van der Waals surface area contributed by atoms with Crippen LogP contribution < -0.4 is 4.90 Å². The molecule has 0 spiro atoms. The number of nitrogens with zero attached hydrogens (tertiary/aromatic N) is 2. The molecule has 150 valence electrons. The summed E-state index contributed by atoms with van der Waals surface area (Å²) < 4.78 is 0.288. The van der Waals surface area contributed by atoms with Crippen LogP contribution in [0.25, 0.3) is 6.08 Å². The first kappa shape index (κ1) is 20.3. The van der Waals surface area contributed by atoms with Crippen LogP contribution in [0.4, 0.5) is 5.69 Å². The third-order valence-corrected chi connectivity index (χ3v) is 6.23. The van der Waals surface area contributed by atoms with Gasteiger partial charge < -0.3 is 0 Å². The van der Waals surface area contributed by atoms with Crippen molar-refractivity contribution < 1.29 is 14.4 Å². The number of allylic oxidation sites excluding steroid dienone is 2. The fraction of sp³-hybridized carbons (Fsp3) is 0.130. The van der Waals surface area contributed by atoms with E-state index in [4.69, 9.17) is 12.2 Å². The van der Waals surface area contributed by atoms with Crippen LogP contribution in [0.2, 0.25) is 0 Å². The van der Waals surface area contributed by atoms with Crippen molar-refractivity contribution >= 4 is 57.8 Å². The molecule has 0 unspecified atom stereocenters. The molecule has 2 saturated heterocycles. The van der Waals surface area contributed by atoms with Crippen LogP contribution in [0, 0.1) is 6.92 Å². The van der Waals surface area contributed by atoms with Gasteiger partial charge in [0.2, 0.25) is 5.91 Å². The van der Waals surface area contributed by atoms with Crippen molar-refractivity contribution in [3.8, 4) is 0 Å². The van der Waals surface area contributed by atoms with Gasteiger partial charge in [0.15, 0.2) is 0 Å². The number of carbonyl (C=O) groups excluding carboxylic acids is 3. The molecule has 2 aromatic carbocycles. The summed E-state index contributed by atoms with van der Waals surface area (Å²) in [7, 11) is 0. The summed E-state index contributed by atoms with van der Waals surface area (Å²) in [6, 6.07) is 15.9. The second-order valence-electron chi connectivity index (χ2n) is 6.97. The molecular formula is C23H18N2O3S2. The Hall–Kier alpha value is -3.03. The van der Waals surface area contributed by atoms with Gasteiger partial charge in [-0.25, -0.2) is 4.90 Å². The summed E-state index contributed by atoms with van der Waals surface area (Å²) in [5.74, 6) is -1.11. The minimum atomic E-state index is -0.907. The number of hydrogen-bond donors (Lipinski definition) is 0. The van der Waals surface area contributed by atoms with Gasteiger partial charge >= 0.3 is 0 Å². The Kier molecular flexibility index (Phi) is 5.65. The van der Waals surface area contributed by atoms with Crippen molar-refractivity contribution in [2.45, 2.75) is 19.4 Å². The molecule has 1 atom stereocenters. The highest BCUT2D eigenvalue weighted by molar-refractivity contribution is 8.26. The van der Waals surface area contributed by atoms with E-state index in [2.05, 4.69) is 0 Å². The van der Waals surface area contributed by atoms with Crippen LogP contribution in [0.5, 0.6) is 0 Å². The molecule has 2 aliphatic rings. The first-order chi connectivity index (χ1) is 14.5. The maximum Gasteiger partial charge on any atom is 0.266 e. The Balaban J connectivity index is 1.53. The summed E-state index contributed by atoms with van der Waals surface area (Å²) in [6.07, 6.45) is 5.27. The smallest absolute Gasteiger partial charge is 0.266 e. The van der Waals surface area contributed by atoms with Gasteiger partial charge in [0, 0.05) is 0 Å². The molecule has 2 heterocycles. The Bertz CT molecular complexity index is 1090. The van der Waals surface area contributed by atoms with Gasteiger partial charge in [-0.2, -0.15) is 0 Å². The Morgan fingerprint density at radius 3 is 2.43 bits per heavy atom. The molecule has 30 heavy (non-hydrogen) atoms. The van der Waals surface area contributed by atoms with Crippen molar-refractivity contribution in [2.75, 3.05) is 4.90 Å². The molecule has 4 rings (SSSR count). The lowest BCUT2D eigenvalue weighted by atomic mass is 10.2. The Labute approximate surface area is 184 Å². The normalized spacial score (nSPS) is 21.0. The molecule has 5 nitrogen and oxygen atoms in total. The van der Waals surface area contributed by atoms with Gasteiger partial charge in [-0.1, -0.05) is 84.2 Å². The third-order valence-electron chi connectivity index (χ3n) is 4.89. The van der Waals surface area contributed by atoms with Crippen LogP contribution in [0.1, 0.15) is 17.5 Å². The van der Waals surface area contributed by atoms with Crippen LogP contribution in [-0.2, 0) is 14.4 Å². The van der Waals surface area contributed by atoms with Crippen LogP contribution in [-0.4, -0.2) is 33.0 Å². The molecule has 2 fully saturated rings. The zero-order chi connectivity index (χ0) is 21.3. The first-order valence-electron chi connectivity index (χ1n) is 9.38. The number of carbonyl (C=O) groups is 3. The minimum Gasteiger partial charge on any atom is -0.280 e. The van der Waals surface area contributed by atoms with E-state index >= 15 is 0 Å². The maximum absolute atomic E-state index is 13.0. The van der Waals surface area contributed by atoms with Gasteiger partial charge in [-0.3, -0.25) is 19.3 Å². The zero-order valence-corrected chi connectivity index (χ0v) is 17.8. The number of benzene rings is 2. The number of thiocarbonyl (C=S) groups is 1. The van der Waals surface area contributed by atoms with Crippen molar-refractivity contribution in [2.24, 2.45) is 0 Å². The SMILES string of the molecule is Cc1ccc(N2C(=O)C[C@@H](N3C(=O)/C(=C\C=C\c4ccccc4)SC3=S)C2=O)cc1. The van der Waals surface area contributed by atoms with Crippen LogP contribution in [0.15, 0.2) is 71.7 Å². The molecule has 0 bridgehead atoms. The molecule has 0 N–H and O–H groups in total. The Morgan fingerprint density at radius 1 is 1.03 bits per heavy atom. The highest BCUT2D eigenvalue weighted by Gasteiger charge is 2.48. The third kappa shape index (κ3) is 3.86. The van der Waals surface area contributed by atoms with Crippen molar-refractivity contribution in [1.82, 2.24) is 4.90 Å². The second kappa shape index (κ2) is 8.38. The summed E-state index contributed by atoms with van der Waals surface area (Å²) in [4.78, 5) is 41.3. The van der Waals surface area contributed by atoms with Gasteiger partial charge in [0.25, 0.3) is 11.8 Å². The van der Waals surface area contributed by atoms with Crippen LogP contribution in [0.3, 0.4) is 0 Å². The van der Waals surface area contributed by atoms with Crippen LogP contribution >= 0.6 is 24.0 Å². The summed E-state index contributed by atoms with van der Waals surface area (Å²) >= 11 is 6.50. The summed E-state index contributed by atoms with van der Waals surface area (Å²) in [5, 5.41) is 0. The maximum atomic E-state index is 13.0. The topological polar surface area (TPSA) is 57.7 Å². The molecular weight excluding hydrogens is 416 g/mol.